The molecule has 0 aromatic rings. The van der Waals surface area contributed by atoms with Gasteiger partial charge in [-0.2, -0.15) is 12.6 Å². The summed E-state index contributed by atoms with van der Waals surface area (Å²) in [5, 5.41) is 37.4. The van der Waals surface area contributed by atoms with Crippen molar-refractivity contribution in [2.75, 3.05) is 13.7 Å². The minimum absolute atomic E-state index is 0.175. The highest BCUT2D eigenvalue weighted by Crippen LogP contribution is 2.22. The Labute approximate surface area is 242 Å². The average Bonchev–Trinajstić information content (AvgIpc) is 2.88. The van der Waals surface area contributed by atoms with Crippen molar-refractivity contribution >= 4 is 36.1 Å². The lowest BCUT2D eigenvalue weighted by Crippen LogP contribution is -2.61. The first-order valence-corrected chi connectivity index (χ1v) is 14.5. The van der Waals surface area contributed by atoms with Crippen LogP contribution in [0.2, 0.25) is 0 Å². The van der Waals surface area contributed by atoms with Crippen LogP contribution in [0.4, 0.5) is 0 Å². The van der Waals surface area contributed by atoms with Gasteiger partial charge in [0.2, 0.25) is 11.8 Å². The zero-order valence-corrected chi connectivity index (χ0v) is 25.4. The highest BCUT2D eigenvalue weighted by molar-refractivity contribution is 7.81. The molecule has 12 nitrogen and oxygen atoms in total. The number of ketones is 1. The molecule has 1 fully saturated rings. The van der Waals surface area contributed by atoms with Crippen LogP contribution in [0.15, 0.2) is 0 Å². The molecule has 0 spiro atoms. The first-order valence-electron chi connectivity index (χ1n) is 14.0. The van der Waals surface area contributed by atoms with E-state index in [2.05, 4.69) is 42.4 Å². The van der Waals surface area contributed by atoms with E-state index in [0.29, 0.717) is 25.2 Å². The molecule has 0 aromatic carbocycles. The van der Waals surface area contributed by atoms with Crippen molar-refractivity contribution in [2.45, 2.75) is 121 Å². The molecule has 1 aliphatic heterocycles. The number of amides is 3. The van der Waals surface area contributed by atoms with Crippen LogP contribution in [-0.2, 0) is 28.7 Å². The summed E-state index contributed by atoms with van der Waals surface area (Å²) in [5.41, 5.74) is 0. The van der Waals surface area contributed by atoms with Crippen LogP contribution in [0.25, 0.3) is 0 Å². The molecule has 0 bridgehead atoms. The molecule has 0 aliphatic carbocycles. The van der Waals surface area contributed by atoms with Crippen molar-refractivity contribution in [3.63, 3.8) is 0 Å². The van der Waals surface area contributed by atoms with Crippen molar-refractivity contribution in [1.29, 1.82) is 0 Å². The molecule has 1 saturated heterocycles. The lowest BCUT2D eigenvalue weighted by atomic mass is 9.98. The van der Waals surface area contributed by atoms with Gasteiger partial charge in [-0.3, -0.25) is 19.2 Å². The van der Waals surface area contributed by atoms with Crippen LogP contribution in [0.3, 0.4) is 0 Å². The number of aliphatic hydroxyl groups is 3. The summed E-state index contributed by atoms with van der Waals surface area (Å²) in [6.07, 6.45) is -4.31. The number of unbranched alkanes of at least 4 members (excludes halogenated alkanes) is 1. The van der Waals surface area contributed by atoms with Gasteiger partial charge >= 0.3 is 0 Å². The van der Waals surface area contributed by atoms with Crippen LogP contribution in [0.5, 0.6) is 0 Å². The molecule has 6 N–H and O–H groups in total. The van der Waals surface area contributed by atoms with E-state index in [9.17, 15) is 34.5 Å². The molecule has 40 heavy (non-hydrogen) atoms. The maximum atomic E-state index is 13.1. The summed E-state index contributed by atoms with van der Waals surface area (Å²) >= 11 is 4.23. The predicted molar refractivity (Wildman–Crippen MR) is 151 cm³/mol. The van der Waals surface area contributed by atoms with Gasteiger partial charge in [0.15, 0.2) is 18.2 Å². The number of methoxy groups -OCH3 is 1. The van der Waals surface area contributed by atoms with E-state index >= 15 is 0 Å². The second-order valence-electron chi connectivity index (χ2n) is 11.1. The van der Waals surface area contributed by atoms with Gasteiger partial charge in [0.25, 0.3) is 5.91 Å². The molecule has 232 valence electrons. The first kappa shape index (κ1) is 36.3. The highest BCUT2D eigenvalue weighted by atomic mass is 32.1. The number of hydrogen-bond donors (Lipinski definition) is 7. The summed E-state index contributed by atoms with van der Waals surface area (Å²) < 4.78 is 10.2. The van der Waals surface area contributed by atoms with Crippen LogP contribution >= 0.6 is 12.6 Å². The number of thiol groups is 1. The molecular weight excluding hydrogens is 542 g/mol. The Hall–Kier alpha value is -1.77. The zero-order valence-electron chi connectivity index (χ0n) is 24.5. The zero-order chi connectivity index (χ0) is 30.6. The topological polar surface area (TPSA) is 184 Å². The van der Waals surface area contributed by atoms with Gasteiger partial charge in [-0.15, -0.1) is 0 Å². The number of carbonyl (C=O) groups is 4. The van der Waals surface area contributed by atoms with Gasteiger partial charge in [0.1, 0.15) is 24.4 Å². The SMILES string of the molecule is CO[C@@H]1O[C@H](C(=O)NCCCC[C@H](NC(=O)[C@@H](NC(=O)CCCC(C)C)C(C)C)C(=O)C(C)S)[C@@H](O)[C@H](O)[C@H]1O. The molecular formula is C27H49N3O9S. The first-order chi connectivity index (χ1) is 18.7. The molecule has 0 aromatic heterocycles. The standard InChI is InChI=1S/C27H49N3O9S/c1-14(2)10-9-12-18(31)30-19(15(3)4)25(36)29-17(20(32)16(5)40)11-7-8-13-28-26(37)24-22(34)21(33)23(35)27(38-6)39-24/h14-17,19,21-24,27,33-35,40H,7-13H2,1-6H3,(H,28,37)(H,29,36)(H,30,31)/t16?,17-,19-,21-,22-,23+,24-,27+/m0/s1. The summed E-state index contributed by atoms with van der Waals surface area (Å²) in [4.78, 5) is 50.8. The molecule has 8 atom stereocenters. The van der Waals surface area contributed by atoms with Crippen molar-refractivity contribution < 1.29 is 44.0 Å². The van der Waals surface area contributed by atoms with Crippen molar-refractivity contribution in [3.8, 4) is 0 Å². The van der Waals surface area contributed by atoms with E-state index in [1.165, 1.54) is 7.11 Å². The molecule has 13 heteroatoms. The quantitative estimate of drug-likeness (QED) is 0.0908. The Bertz CT molecular complexity index is 825. The van der Waals surface area contributed by atoms with E-state index in [-0.39, 0.29) is 30.6 Å². The number of carbonyl (C=O) groups excluding carboxylic acids is 4. The minimum Gasteiger partial charge on any atom is -0.387 e. The normalized spacial score (nSPS) is 25.2. The molecule has 1 heterocycles. The number of rotatable bonds is 17. The predicted octanol–water partition coefficient (Wildman–Crippen LogP) is 0.0662. The molecule has 1 unspecified atom stereocenters. The molecule has 0 radical (unpaired) electrons. The Morgan fingerprint density at radius 2 is 1.55 bits per heavy atom. The van der Waals surface area contributed by atoms with Crippen molar-refractivity contribution in [2.24, 2.45) is 11.8 Å². The number of nitrogens with one attached hydrogen (secondary N) is 3. The van der Waals surface area contributed by atoms with Gasteiger partial charge in [-0.1, -0.05) is 34.1 Å². The third-order valence-electron chi connectivity index (χ3n) is 6.80. The third kappa shape index (κ3) is 11.6. The van der Waals surface area contributed by atoms with E-state index in [1.54, 1.807) is 6.92 Å². The second-order valence-corrected chi connectivity index (χ2v) is 11.9. The van der Waals surface area contributed by atoms with Gasteiger partial charge in [-0.05, 0) is 44.4 Å². The lowest BCUT2D eigenvalue weighted by molar-refractivity contribution is -0.283. The molecule has 3 amide bonds. The summed E-state index contributed by atoms with van der Waals surface area (Å²) in [6.45, 7) is 9.60. The van der Waals surface area contributed by atoms with E-state index in [4.69, 9.17) is 9.47 Å². The van der Waals surface area contributed by atoms with Crippen LogP contribution < -0.4 is 16.0 Å². The summed E-state index contributed by atoms with van der Waals surface area (Å²) in [7, 11) is 1.24. The fourth-order valence-electron chi connectivity index (χ4n) is 4.33. The Morgan fingerprint density at radius 1 is 0.900 bits per heavy atom. The van der Waals surface area contributed by atoms with Crippen LogP contribution in [0, 0.1) is 11.8 Å². The van der Waals surface area contributed by atoms with Gasteiger partial charge in [0.05, 0.1) is 11.3 Å². The maximum Gasteiger partial charge on any atom is 0.252 e. The van der Waals surface area contributed by atoms with Crippen LogP contribution in [-0.4, -0.2) is 101 Å². The fourth-order valence-corrected chi connectivity index (χ4v) is 4.51. The fraction of sp³-hybridized carbons (Fsp3) is 0.852. The monoisotopic (exact) mass is 591 g/mol. The maximum absolute atomic E-state index is 13.1. The van der Waals surface area contributed by atoms with E-state index in [1.807, 2.05) is 13.8 Å². The Morgan fingerprint density at radius 3 is 2.10 bits per heavy atom. The van der Waals surface area contributed by atoms with E-state index in [0.717, 1.165) is 12.8 Å². The Kier molecular flexibility index (Phi) is 16.2. The van der Waals surface area contributed by atoms with Crippen molar-refractivity contribution in [1.82, 2.24) is 16.0 Å². The molecule has 1 aliphatic rings. The number of Topliss-reactive ketones (excluding diaryl/α,β-unsaturated/α-hetero) is 1. The van der Waals surface area contributed by atoms with Crippen molar-refractivity contribution in [3.05, 3.63) is 0 Å². The third-order valence-corrected chi connectivity index (χ3v) is 7.06. The number of aliphatic hydroxyl groups excluding tert-OH is 3. The van der Waals surface area contributed by atoms with Gasteiger partial charge in [-0.25, -0.2) is 0 Å². The molecule has 0 saturated carbocycles. The number of hydrogen-bond acceptors (Lipinski definition) is 10. The largest absolute Gasteiger partial charge is 0.387 e. The minimum atomic E-state index is -1.64. The highest BCUT2D eigenvalue weighted by Gasteiger charge is 2.46. The Balaban J connectivity index is 2.65. The number of ether oxygens (including phenoxy) is 2. The van der Waals surface area contributed by atoms with Gasteiger partial charge in [0, 0.05) is 20.1 Å². The van der Waals surface area contributed by atoms with E-state index < -0.39 is 59.9 Å². The molecule has 1 rings (SSSR count). The lowest BCUT2D eigenvalue weighted by Gasteiger charge is -2.38. The van der Waals surface area contributed by atoms with Crippen LogP contribution in [0.1, 0.15) is 73.1 Å². The summed E-state index contributed by atoms with van der Waals surface area (Å²) in [5.74, 6) is -1.30. The van der Waals surface area contributed by atoms with Gasteiger partial charge < -0.3 is 40.7 Å². The second kappa shape index (κ2) is 17.9. The smallest absolute Gasteiger partial charge is 0.252 e. The average molecular weight is 592 g/mol. The summed E-state index contributed by atoms with van der Waals surface area (Å²) in [6, 6.07) is -1.61.